The summed E-state index contributed by atoms with van der Waals surface area (Å²) in [7, 11) is 4.99. The van der Waals surface area contributed by atoms with Gasteiger partial charge in [-0.3, -0.25) is 9.79 Å². The Bertz CT molecular complexity index is 833. The summed E-state index contributed by atoms with van der Waals surface area (Å²) < 4.78 is 16.0. The van der Waals surface area contributed by atoms with Gasteiger partial charge in [0.05, 0.1) is 33.6 Å². The van der Waals surface area contributed by atoms with Crippen LogP contribution in [0.25, 0.3) is 0 Å². The number of hydrogen-bond acceptors (Lipinski definition) is 5. The van der Waals surface area contributed by atoms with Gasteiger partial charge in [-0.15, -0.1) is 0 Å². The quantitative estimate of drug-likeness (QED) is 0.579. The maximum absolute atomic E-state index is 12.1. The molecule has 0 bridgehead atoms. The number of ether oxygens (including phenoxy) is 2. The largest absolute Gasteiger partial charge is 0.493 e. The number of carbonyl (C=O) groups excluding carboxylic acids is 1. The number of guanidine groups is 1. The number of furan rings is 1. The van der Waals surface area contributed by atoms with E-state index >= 15 is 0 Å². The fraction of sp³-hybridized carbons (Fsp3) is 0.400. The maximum Gasteiger partial charge on any atom is 0.239 e. The Kier molecular flexibility index (Phi) is 6.41. The molecule has 0 unspecified atom stereocenters. The van der Waals surface area contributed by atoms with Crippen LogP contribution < -0.4 is 20.1 Å². The van der Waals surface area contributed by atoms with E-state index in [9.17, 15) is 4.79 Å². The summed E-state index contributed by atoms with van der Waals surface area (Å²) in [6, 6.07) is 7.65. The summed E-state index contributed by atoms with van der Waals surface area (Å²) in [5, 5.41) is 5.94. The Morgan fingerprint density at radius 1 is 1.21 bits per heavy atom. The lowest BCUT2D eigenvalue weighted by molar-refractivity contribution is -0.120. The molecule has 3 rings (SSSR count). The minimum Gasteiger partial charge on any atom is -0.493 e. The Hall–Kier alpha value is -3.16. The molecular weight excluding hydrogens is 360 g/mol. The second-order valence-corrected chi connectivity index (χ2v) is 6.40. The molecule has 2 aromatic rings. The zero-order valence-corrected chi connectivity index (χ0v) is 16.4. The van der Waals surface area contributed by atoms with Gasteiger partial charge in [0.15, 0.2) is 17.5 Å². The number of fused-ring (bicyclic) bond motifs is 1. The molecule has 8 heteroatoms. The van der Waals surface area contributed by atoms with Gasteiger partial charge < -0.3 is 29.4 Å². The fourth-order valence-electron chi connectivity index (χ4n) is 3.22. The van der Waals surface area contributed by atoms with Crippen molar-refractivity contribution in [1.82, 2.24) is 15.5 Å². The molecule has 0 atom stereocenters. The molecule has 0 saturated heterocycles. The Morgan fingerprint density at radius 2 is 1.96 bits per heavy atom. The summed E-state index contributed by atoms with van der Waals surface area (Å²) in [5.74, 6) is 2.73. The minimum atomic E-state index is -0.124. The van der Waals surface area contributed by atoms with Crippen molar-refractivity contribution in [1.29, 1.82) is 0 Å². The topological polar surface area (TPSA) is 88.3 Å². The highest BCUT2D eigenvalue weighted by atomic mass is 16.5. The molecule has 0 saturated carbocycles. The highest BCUT2D eigenvalue weighted by Crippen LogP contribution is 2.33. The number of nitrogens with zero attached hydrogens (tertiary/aromatic N) is 2. The highest BCUT2D eigenvalue weighted by molar-refractivity contribution is 5.86. The number of rotatable bonds is 6. The monoisotopic (exact) mass is 386 g/mol. The molecule has 28 heavy (non-hydrogen) atoms. The normalized spacial score (nSPS) is 13.7. The predicted molar refractivity (Wildman–Crippen MR) is 106 cm³/mol. The van der Waals surface area contributed by atoms with Crippen LogP contribution in [-0.4, -0.2) is 51.1 Å². The van der Waals surface area contributed by atoms with E-state index < -0.39 is 0 Å². The number of methoxy groups -OCH3 is 2. The first-order chi connectivity index (χ1) is 13.6. The van der Waals surface area contributed by atoms with Crippen LogP contribution in [0.15, 0.2) is 39.9 Å². The molecule has 1 aromatic heterocycles. The van der Waals surface area contributed by atoms with Crippen LogP contribution in [0.1, 0.15) is 16.9 Å². The van der Waals surface area contributed by atoms with E-state index in [1.54, 1.807) is 33.6 Å². The van der Waals surface area contributed by atoms with Crippen molar-refractivity contribution in [2.24, 2.45) is 4.99 Å². The SMILES string of the molecule is CN=C(NCC(=O)NCc1ccco1)N1CCc2cc(OC)c(OC)cc2C1. The molecule has 0 fully saturated rings. The zero-order valence-electron chi connectivity index (χ0n) is 16.4. The lowest BCUT2D eigenvalue weighted by Crippen LogP contribution is -2.47. The second kappa shape index (κ2) is 9.16. The first-order valence-corrected chi connectivity index (χ1v) is 9.13. The lowest BCUT2D eigenvalue weighted by Gasteiger charge is -2.32. The first-order valence-electron chi connectivity index (χ1n) is 9.13. The van der Waals surface area contributed by atoms with Crippen LogP contribution >= 0.6 is 0 Å². The molecule has 8 nitrogen and oxygen atoms in total. The molecule has 150 valence electrons. The summed E-state index contributed by atoms with van der Waals surface area (Å²) in [4.78, 5) is 18.5. The van der Waals surface area contributed by atoms with Gasteiger partial charge in [0, 0.05) is 20.1 Å². The van der Waals surface area contributed by atoms with Crippen molar-refractivity contribution in [2.45, 2.75) is 19.5 Å². The molecule has 0 aliphatic carbocycles. The average molecular weight is 386 g/mol. The molecule has 1 aliphatic heterocycles. The maximum atomic E-state index is 12.1. The van der Waals surface area contributed by atoms with Crippen molar-refractivity contribution in [3.63, 3.8) is 0 Å². The van der Waals surface area contributed by atoms with E-state index in [2.05, 4.69) is 20.5 Å². The second-order valence-electron chi connectivity index (χ2n) is 6.40. The fourth-order valence-corrected chi connectivity index (χ4v) is 3.22. The van der Waals surface area contributed by atoms with Crippen molar-refractivity contribution < 1.29 is 18.7 Å². The van der Waals surface area contributed by atoms with Crippen molar-refractivity contribution in [3.8, 4) is 11.5 Å². The highest BCUT2D eigenvalue weighted by Gasteiger charge is 2.22. The van der Waals surface area contributed by atoms with Gasteiger partial charge in [-0.2, -0.15) is 0 Å². The van der Waals surface area contributed by atoms with E-state index in [1.807, 2.05) is 18.2 Å². The third-order valence-electron chi connectivity index (χ3n) is 4.68. The van der Waals surface area contributed by atoms with Crippen LogP contribution in [0, 0.1) is 0 Å². The Labute approximate surface area is 164 Å². The van der Waals surface area contributed by atoms with Gasteiger partial charge in [0.1, 0.15) is 5.76 Å². The summed E-state index contributed by atoms with van der Waals surface area (Å²) in [5.41, 5.74) is 2.40. The van der Waals surface area contributed by atoms with Gasteiger partial charge in [-0.25, -0.2) is 0 Å². The Morgan fingerprint density at radius 3 is 2.61 bits per heavy atom. The van der Waals surface area contributed by atoms with Crippen LogP contribution in [-0.2, 0) is 24.3 Å². The summed E-state index contributed by atoms with van der Waals surface area (Å²) in [6.07, 6.45) is 2.45. The molecule has 2 N–H and O–H groups in total. The van der Waals surface area contributed by atoms with Gasteiger partial charge in [-0.1, -0.05) is 0 Å². The molecule has 1 aliphatic rings. The van der Waals surface area contributed by atoms with E-state index in [0.717, 1.165) is 30.0 Å². The lowest BCUT2D eigenvalue weighted by atomic mass is 9.99. The minimum absolute atomic E-state index is 0.124. The van der Waals surface area contributed by atoms with E-state index in [4.69, 9.17) is 13.9 Å². The smallest absolute Gasteiger partial charge is 0.239 e. The number of benzene rings is 1. The van der Waals surface area contributed by atoms with Gasteiger partial charge >= 0.3 is 0 Å². The van der Waals surface area contributed by atoms with Crippen molar-refractivity contribution in [3.05, 3.63) is 47.4 Å². The summed E-state index contributed by atoms with van der Waals surface area (Å²) in [6.45, 7) is 1.99. The Balaban J connectivity index is 1.57. The van der Waals surface area contributed by atoms with Crippen LogP contribution in [0.2, 0.25) is 0 Å². The van der Waals surface area contributed by atoms with Gasteiger partial charge in [0.25, 0.3) is 0 Å². The molecule has 1 amide bonds. The van der Waals surface area contributed by atoms with E-state index in [0.29, 0.717) is 24.8 Å². The predicted octanol–water partition coefficient (Wildman–Crippen LogP) is 1.55. The van der Waals surface area contributed by atoms with E-state index in [1.165, 1.54) is 5.56 Å². The number of carbonyl (C=O) groups is 1. The summed E-state index contributed by atoms with van der Waals surface area (Å²) >= 11 is 0. The van der Waals surface area contributed by atoms with Gasteiger partial charge in [-0.05, 0) is 41.8 Å². The number of amides is 1. The van der Waals surface area contributed by atoms with Crippen LogP contribution in [0.3, 0.4) is 0 Å². The molecular formula is C20H26N4O4. The zero-order chi connectivity index (χ0) is 19.9. The number of nitrogens with one attached hydrogen (secondary N) is 2. The van der Waals surface area contributed by atoms with Crippen molar-refractivity contribution >= 4 is 11.9 Å². The number of aliphatic imine (C=N–C) groups is 1. The average Bonchev–Trinajstić information content (AvgIpc) is 3.25. The molecule has 2 heterocycles. The standard InChI is InChI=1S/C20H26N4O4/c1-21-20(23-12-19(25)22-11-16-5-4-8-28-16)24-7-6-14-9-17(26-2)18(27-3)10-15(14)13-24/h4-5,8-10H,6-7,11-13H2,1-3H3,(H,21,23)(H,22,25). The number of hydrogen-bond donors (Lipinski definition) is 2. The van der Waals surface area contributed by atoms with Crippen molar-refractivity contribution in [2.75, 3.05) is 34.4 Å². The van der Waals surface area contributed by atoms with E-state index in [-0.39, 0.29) is 12.5 Å². The third kappa shape index (κ3) is 4.57. The molecule has 0 radical (unpaired) electrons. The first kappa shape index (κ1) is 19.6. The van der Waals surface area contributed by atoms with Crippen LogP contribution in [0.4, 0.5) is 0 Å². The van der Waals surface area contributed by atoms with Gasteiger partial charge in [0.2, 0.25) is 5.91 Å². The third-order valence-corrected chi connectivity index (χ3v) is 4.68. The molecule has 0 spiro atoms. The van der Waals surface area contributed by atoms with Crippen LogP contribution in [0.5, 0.6) is 11.5 Å². The molecule has 1 aromatic carbocycles.